The van der Waals surface area contributed by atoms with E-state index in [0.29, 0.717) is 0 Å². The molecule has 1 unspecified atom stereocenters. The van der Waals surface area contributed by atoms with Crippen LogP contribution in [0.4, 0.5) is 5.69 Å². The zero-order valence-electron chi connectivity index (χ0n) is 11.5. The van der Waals surface area contributed by atoms with Gasteiger partial charge in [0.2, 0.25) is 0 Å². The van der Waals surface area contributed by atoms with Crippen molar-refractivity contribution in [1.29, 1.82) is 0 Å². The lowest BCUT2D eigenvalue weighted by atomic mass is 9.82. The molecule has 0 radical (unpaired) electrons. The average Bonchev–Trinajstić information content (AvgIpc) is 2.66. The van der Waals surface area contributed by atoms with Gasteiger partial charge in [0.1, 0.15) is 0 Å². The lowest BCUT2D eigenvalue weighted by molar-refractivity contribution is -0.148. The molecule has 1 atom stereocenters. The van der Waals surface area contributed by atoms with E-state index in [4.69, 9.17) is 0 Å². The number of fused-ring (bicyclic) bond motifs is 1. The van der Waals surface area contributed by atoms with Crippen LogP contribution in [0.2, 0.25) is 0 Å². The monoisotopic (exact) mass is 247 g/mol. The Morgan fingerprint density at radius 1 is 1.50 bits per heavy atom. The number of carbonyl (C=O) groups is 1. The molecule has 1 heterocycles. The van der Waals surface area contributed by atoms with Crippen LogP contribution >= 0.6 is 0 Å². The number of hydrogen-bond donors (Lipinski definition) is 1. The van der Waals surface area contributed by atoms with Gasteiger partial charge in [0.05, 0.1) is 5.41 Å². The molecule has 0 saturated carbocycles. The summed E-state index contributed by atoms with van der Waals surface area (Å²) in [5.74, 6) is -0.726. The van der Waals surface area contributed by atoms with E-state index in [1.807, 2.05) is 13.8 Å². The fourth-order valence-electron chi connectivity index (χ4n) is 2.82. The van der Waals surface area contributed by atoms with Gasteiger partial charge in [-0.2, -0.15) is 0 Å². The Morgan fingerprint density at radius 2 is 2.17 bits per heavy atom. The molecule has 1 aromatic carbocycles. The van der Waals surface area contributed by atoms with Crippen molar-refractivity contribution in [2.45, 2.75) is 40.2 Å². The number of aryl methyl sites for hydroxylation is 1. The maximum atomic E-state index is 11.5. The van der Waals surface area contributed by atoms with E-state index in [1.165, 1.54) is 16.8 Å². The van der Waals surface area contributed by atoms with Gasteiger partial charge in [-0.25, -0.2) is 0 Å². The van der Waals surface area contributed by atoms with Crippen LogP contribution < -0.4 is 4.90 Å². The summed E-state index contributed by atoms with van der Waals surface area (Å²) in [6.45, 7) is 8.65. The van der Waals surface area contributed by atoms with Gasteiger partial charge in [0.25, 0.3) is 0 Å². The van der Waals surface area contributed by atoms with Gasteiger partial charge in [-0.1, -0.05) is 17.7 Å². The molecular weight excluding hydrogens is 226 g/mol. The maximum Gasteiger partial charge on any atom is 0.311 e. The standard InChI is InChI=1S/C15H21NO2/c1-5-16-12-7-6-10(2)8-11(12)9-13(16)15(3,4)14(17)18/h6-8,13H,5,9H2,1-4H3,(H,17,18). The Morgan fingerprint density at radius 3 is 2.72 bits per heavy atom. The number of benzene rings is 1. The number of carboxylic acid groups (broad SMARTS) is 1. The molecule has 1 aliphatic heterocycles. The molecule has 0 spiro atoms. The number of aliphatic carboxylic acids is 1. The fourth-order valence-corrected chi connectivity index (χ4v) is 2.82. The van der Waals surface area contributed by atoms with E-state index in [9.17, 15) is 9.90 Å². The Labute approximate surface area is 108 Å². The SMILES string of the molecule is CCN1c2ccc(C)cc2CC1C(C)(C)C(=O)O. The van der Waals surface area contributed by atoms with Gasteiger partial charge in [-0.3, -0.25) is 4.79 Å². The smallest absolute Gasteiger partial charge is 0.311 e. The lowest BCUT2D eigenvalue weighted by Crippen LogP contribution is -2.47. The molecule has 1 aromatic rings. The minimum atomic E-state index is -0.733. The second-order valence-corrected chi connectivity index (χ2v) is 5.66. The number of rotatable bonds is 3. The number of hydrogen-bond acceptors (Lipinski definition) is 2. The van der Waals surface area contributed by atoms with Gasteiger partial charge in [0.15, 0.2) is 0 Å². The molecule has 0 aromatic heterocycles. The first-order valence-electron chi connectivity index (χ1n) is 6.47. The average molecular weight is 247 g/mol. The normalized spacial score (nSPS) is 18.9. The van der Waals surface area contributed by atoms with Crippen molar-refractivity contribution in [3.05, 3.63) is 29.3 Å². The minimum absolute atomic E-state index is 0.0387. The first-order chi connectivity index (χ1) is 8.37. The first kappa shape index (κ1) is 12.9. The predicted octanol–water partition coefficient (Wildman–Crippen LogP) is 2.86. The zero-order valence-corrected chi connectivity index (χ0v) is 11.5. The van der Waals surface area contributed by atoms with Crippen molar-refractivity contribution in [2.75, 3.05) is 11.4 Å². The summed E-state index contributed by atoms with van der Waals surface area (Å²) in [4.78, 5) is 13.7. The van der Waals surface area contributed by atoms with E-state index in [1.54, 1.807) is 0 Å². The van der Waals surface area contributed by atoms with Crippen molar-refractivity contribution in [1.82, 2.24) is 0 Å². The van der Waals surface area contributed by atoms with Crippen LogP contribution in [-0.4, -0.2) is 23.7 Å². The summed E-state index contributed by atoms with van der Waals surface area (Å²) < 4.78 is 0. The van der Waals surface area contributed by atoms with Crippen molar-refractivity contribution in [3.8, 4) is 0 Å². The number of anilines is 1. The molecule has 3 nitrogen and oxygen atoms in total. The van der Waals surface area contributed by atoms with E-state index < -0.39 is 11.4 Å². The van der Waals surface area contributed by atoms with Gasteiger partial charge in [-0.05, 0) is 45.7 Å². The number of carboxylic acids is 1. The van der Waals surface area contributed by atoms with Gasteiger partial charge >= 0.3 is 5.97 Å². The van der Waals surface area contributed by atoms with E-state index in [0.717, 1.165) is 13.0 Å². The lowest BCUT2D eigenvalue weighted by Gasteiger charge is -2.35. The molecule has 0 saturated heterocycles. The van der Waals surface area contributed by atoms with Gasteiger partial charge in [0, 0.05) is 18.3 Å². The summed E-state index contributed by atoms with van der Waals surface area (Å²) in [7, 11) is 0. The van der Waals surface area contributed by atoms with Crippen LogP contribution in [0.3, 0.4) is 0 Å². The molecule has 0 bridgehead atoms. The third kappa shape index (κ3) is 1.88. The second kappa shape index (κ2) is 4.30. The fraction of sp³-hybridized carbons (Fsp3) is 0.533. The van der Waals surface area contributed by atoms with Gasteiger partial charge in [-0.15, -0.1) is 0 Å². The van der Waals surface area contributed by atoms with Crippen LogP contribution in [-0.2, 0) is 11.2 Å². The number of nitrogens with zero attached hydrogens (tertiary/aromatic N) is 1. The molecule has 0 fully saturated rings. The highest BCUT2D eigenvalue weighted by atomic mass is 16.4. The molecule has 0 aliphatic carbocycles. The molecule has 1 aliphatic rings. The van der Waals surface area contributed by atoms with E-state index in [-0.39, 0.29) is 6.04 Å². The van der Waals surface area contributed by atoms with Crippen molar-refractivity contribution in [2.24, 2.45) is 5.41 Å². The maximum absolute atomic E-state index is 11.5. The van der Waals surface area contributed by atoms with Crippen LogP contribution in [0.1, 0.15) is 31.9 Å². The molecule has 3 heteroatoms. The van der Waals surface area contributed by atoms with Crippen LogP contribution in [0.25, 0.3) is 0 Å². The Bertz CT molecular complexity index is 479. The van der Waals surface area contributed by atoms with Crippen LogP contribution in [0, 0.1) is 12.3 Å². The summed E-state index contributed by atoms with van der Waals surface area (Å²) >= 11 is 0. The zero-order chi connectivity index (χ0) is 13.5. The summed E-state index contributed by atoms with van der Waals surface area (Å²) in [6, 6.07) is 6.43. The highest BCUT2D eigenvalue weighted by Gasteiger charge is 2.44. The van der Waals surface area contributed by atoms with Crippen molar-refractivity contribution < 1.29 is 9.90 Å². The minimum Gasteiger partial charge on any atom is -0.481 e. The summed E-state index contributed by atoms with van der Waals surface area (Å²) in [6.07, 6.45) is 0.824. The van der Waals surface area contributed by atoms with Crippen LogP contribution in [0.5, 0.6) is 0 Å². The summed E-state index contributed by atoms with van der Waals surface area (Å²) in [5, 5.41) is 9.42. The van der Waals surface area contributed by atoms with Crippen molar-refractivity contribution >= 4 is 11.7 Å². The topological polar surface area (TPSA) is 40.5 Å². The first-order valence-corrected chi connectivity index (χ1v) is 6.47. The molecule has 0 amide bonds. The molecule has 98 valence electrons. The predicted molar refractivity (Wildman–Crippen MR) is 73.1 cm³/mol. The Kier molecular flexibility index (Phi) is 3.09. The third-order valence-electron chi connectivity index (χ3n) is 4.06. The summed E-state index contributed by atoms with van der Waals surface area (Å²) in [5.41, 5.74) is 2.97. The van der Waals surface area contributed by atoms with Gasteiger partial charge < -0.3 is 10.0 Å². The molecular formula is C15H21NO2. The Hall–Kier alpha value is -1.51. The molecule has 2 rings (SSSR count). The Balaban J connectivity index is 2.41. The van der Waals surface area contributed by atoms with E-state index in [2.05, 4.69) is 36.9 Å². The second-order valence-electron chi connectivity index (χ2n) is 5.66. The molecule has 18 heavy (non-hydrogen) atoms. The highest BCUT2D eigenvalue weighted by Crippen LogP contribution is 2.40. The quantitative estimate of drug-likeness (QED) is 0.893. The van der Waals surface area contributed by atoms with E-state index >= 15 is 0 Å². The third-order valence-corrected chi connectivity index (χ3v) is 4.06. The highest BCUT2D eigenvalue weighted by molar-refractivity contribution is 5.77. The van der Waals surface area contributed by atoms with Crippen LogP contribution in [0.15, 0.2) is 18.2 Å². The van der Waals surface area contributed by atoms with Crippen molar-refractivity contribution in [3.63, 3.8) is 0 Å². The molecule has 1 N–H and O–H groups in total. The number of likely N-dealkylation sites (N-methyl/N-ethyl adjacent to an activating group) is 1. The largest absolute Gasteiger partial charge is 0.481 e.